The zero-order valence-electron chi connectivity index (χ0n) is 12.8. The molecule has 0 heterocycles. The van der Waals surface area contributed by atoms with Crippen molar-refractivity contribution in [3.05, 3.63) is 28.8 Å². The van der Waals surface area contributed by atoms with Gasteiger partial charge >= 0.3 is 0 Å². The summed E-state index contributed by atoms with van der Waals surface area (Å²) in [5.41, 5.74) is 0.284. The van der Waals surface area contributed by atoms with E-state index >= 15 is 0 Å². The SMILES string of the molecule is CC(C)CN(CC(C)C)S(=O)(=O)c1cc(C#N)ccc1Cl. The van der Waals surface area contributed by atoms with E-state index in [1.165, 1.54) is 22.5 Å². The van der Waals surface area contributed by atoms with Gasteiger partial charge in [-0.25, -0.2) is 8.42 Å². The lowest BCUT2D eigenvalue weighted by Crippen LogP contribution is -2.37. The molecule has 0 amide bonds. The Morgan fingerprint density at radius 3 is 2.14 bits per heavy atom. The van der Waals surface area contributed by atoms with Gasteiger partial charge in [0, 0.05) is 13.1 Å². The summed E-state index contributed by atoms with van der Waals surface area (Å²) in [6, 6.07) is 6.25. The topological polar surface area (TPSA) is 61.2 Å². The molecular formula is C15H21ClN2O2S. The molecule has 0 aromatic heterocycles. The molecule has 0 bridgehead atoms. The summed E-state index contributed by atoms with van der Waals surface area (Å²) < 4.78 is 27.1. The van der Waals surface area contributed by atoms with E-state index in [-0.39, 0.29) is 27.3 Å². The summed E-state index contributed by atoms with van der Waals surface area (Å²) in [6.07, 6.45) is 0. The number of sulfonamides is 1. The van der Waals surface area contributed by atoms with Gasteiger partial charge in [0.15, 0.2) is 0 Å². The van der Waals surface area contributed by atoms with Gasteiger partial charge in [0.05, 0.1) is 16.7 Å². The highest BCUT2D eigenvalue weighted by Gasteiger charge is 2.28. The predicted octanol–water partition coefficient (Wildman–Crippen LogP) is 3.51. The number of rotatable bonds is 6. The number of nitriles is 1. The Labute approximate surface area is 132 Å². The van der Waals surface area contributed by atoms with Gasteiger partial charge in [0.1, 0.15) is 4.90 Å². The minimum absolute atomic E-state index is 0.00418. The first kappa shape index (κ1) is 18.0. The Balaban J connectivity index is 3.31. The molecule has 0 N–H and O–H groups in total. The Kier molecular flexibility index (Phi) is 6.21. The largest absolute Gasteiger partial charge is 0.244 e. The van der Waals surface area contributed by atoms with Crippen LogP contribution in [0.5, 0.6) is 0 Å². The van der Waals surface area contributed by atoms with Crippen molar-refractivity contribution in [1.29, 1.82) is 5.26 Å². The molecule has 1 aromatic rings. The first-order valence-electron chi connectivity index (χ1n) is 6.88. The van der Waals surface area contributed by atoms with Crippen LogP contribution in [0.3, 0.4) is 0 Å². The van der Waals surface area contributed by atoms with Crippen molar-refractivity contribution in [2.75, 3.05) is 13.1 Å². The first-order valence-corrected chi connectivity index (χ1v) is 8.70. The van der Waals surface area contributed by atoms with Crippen LogP contribution < -0.4 is 0 Å². The van der Waals surface area contributed by atoms with Crippen LogP contribution in [0.4, 0.5) is 0 Å². The van der Waals surface area contributed by atoms with E-state index in [9.17, 15) is 8.42 Å². The van der Waals surface area contributed by atoms with Crippen LogP contribution in [0.15, 0.2) is 23.1 Å². The van der Waals surface area contributed by atoms with Crippen molar-refractivity contribution in [1.82, 2.24) is 4.31 Å². The predicted molar refractivity (Wildman–Crippen MR) is 84.6 cm³/mol. The van der Waals surface area contributed by atoms with Gasteiger partial charge in [-0.2, -0.15) is 9.57 Å². The summed E-state index contributed by atoms with van der Waals surface area (Å²) >= 11 is 6.04. The lowest BCUT2D eigenvalue weighted by atomic mass is 10.2. The molecule has 6 heteroatoms. The molecule has 0 saturated carbocycles. The minimum atomic E-state index is -3.70. The van der Waals surface area contributed by atoms with Gasteiger partial charge in [-0.1, -0.05) is 39.3 Å². The molecule has 0 fully saturated rings. The Bertz CT molecular complexity index is 624. The molecule has 1 aromatic carbocycles. The second-order valence-electron chi connectivity index (χ2n) is 5.87. The average Bonchev–Trinajstić information content (AvgIpc) is 2.37. The minimum Gasteiger partial charge on any atom is -0.207 e. The number of nitrogens with zero attached hydrogens (tertiary/aromatic N) is 2. The van der Waals surface area contributed by atoms with Gasteiger partial charge in [-0.3, -0.25) is 0 Å². The molecular weight excluding hydrogens is 308 g/mol. The van der Waals surface area contributed by atoms with Crippen molar-refractivity contribution >= 4 is 21.6 Å². The highest BCUT2D eigenvalue weighted by atomic mass is 35.5. The average molecular weight is 329 g/mol. The van der Waals surface area contributed by atoms with Crippen molar-refractivity contribution in [2.45, 2.75) is 32.6 Å². The maximum atomic E-state index is 12.8. The number of halogens is 1. The molecule has 0 spiro atoms. The Morgan fingerprint density at radius 1 is 1.19 bits per heavy atom. The van der Waals surface area contributed by atoms with Crippen molar-refractivity contribution < 1.29 is 8.42 Å². The normalized spacial score (nSPS) is 12.1. The molecule has 0 unspecified atom stereocenters. The summed E-state index contributed by atoms with van der Waals surface area (Å²) in [5.74, 6) is 0.410. The molecule has 0 radical (unpaired) electrons. The highest BCUT2D eigenvalue weighted by molar-refractivity contribution is 7.89. The van der Waals surface area contributed by atoms with Gasteiger partial charge in [0.2, 0.25) is 10.0 Å². The molecule has 1 rings (SSSR count). The molecule has 0 aliphatic rings. The van der Waals surface area contributed by atoms with E-state index < -0.39 is 10.0 Å². The van der Waals surface area contributed by atoms with Crippen LogP contribution in [0.2, 0.25) is 5.02 Å². The zero-order chi connectivity index (χ0) is 16.2. The van der Waals surface area contributed by atoms with Crippen LogP contribution in [-0.2, 0) is 10.0 Å². The Morgan fingerprint density at radius 2 is 1.71 bits per heavy atom. The smallest absolute Gasteiger partial charge is 0.207 e. The number of hydrogen-bond donors (Lipinski definition) is 0. The maximum absolute atomic E-state index is 12.8. The monoisotopic (exact) mass is 328 g/mol. The second kappa shape index (κ2) is 7.26. The third-order valence-corrected chi connectivity index (χ3v) is 5.13. The second-order valence-corrected chi connectivity index (χ2v) is 8.18. The van der Waals surface area contributed by atoms with Gasteiger partial charge in [-0.15, -0.1) is 0 Å². The van der Waals surface area contributed by atoms with Gasteiger partial charge < -0.3 is 0 Å². The third kappa shape index (κ3) is 4.70. The van der Waals surface area contributed by atoms with Crippen molar-refractivity contribution in [3.8, 4) is 6.07 Å². The standard InChI is InChI=1S/C15H21ClN2O2S/c1-11(2)9-18(10-12(3)4)21(19,20)15-7-13(8-17)5-6-14(15)16/h5-7,11-12H,9-10H2,1-4H3. The molecule has 21 heavy (non-hydrogen) atoms. The molecule has 0 aliphatic carbocycles. The van der Waals surface area contributed by atoms with Crippen LogP contribution in [0.25, 0.3) is 0 Å². The molecule has 0 atom stereocenters. The first-order chi connectivity index (χ1) is 9.68. The summed E-state index contributed by atoms with van der Waals surface area (Å²) in [5, 5.41) is 9.09. The lowest BCUT2D eigenvalue weighted by molar-refractivity contribution is 0.333. The van der Waals surface area contributed by atoms with Crippen molar-refractivity contribution in [3.63, 3.8) is 0 Å². The van der Waals surface area contributed by atoms with E-state index in [1.54, 1.807) is 0 Å². The fraction of sp³-hybridized carbons (Fsp3) is 0.533. The van der Waals surface area contributed by atoms with Crippen LogP contribution in [-0.4, -0.2) is 25.8 Å². The van der Waals surface area contributed by atoms with Crippen molar-refractivity contribution in [2.24, 2.45) is 11.8 Å². The summed E-state index contributed by atoms with van der Waals surface area (Å²) in [6.45, 7) is 8.72. The molecule has 0 saturated heterocycles. The fourth-order valence-electron chi connectivity index (χ4n) is 2.00. The molecule has 116 valence electrons. The fourth-order valence-corrected chi connectivity index (χ4v) is 4.26. The van der Waals surface area contributed by atoms with E-state index in [2.05, 4.69) is 0 Å². The van der Waals surface area contributed by atoms with E-state index in [0.717, 1.165) is 0 Å². The number of benzene rings is 1. The van der Waals surface area contributed by atoms with E-state index in [1.807, 2.05) is 33.8 Å². The lowest BCUT2D eigenvalue weighted by Gasteiger charge is -2.26. The molecule has 4 nitrogen and oxygen atoms in total. The maximum Gasteiger partial charge on any atom is 0.244 e. The van der Waals surface area contributed by atoms with Crippen LogP contribution in [0.1, 0.15) is 33.3 Å². The van der Waals surface area contributed by atoms with Gasteiger partial charge in [0.25, 0.3) is 0 Å². The van der Waals surface area contributed by atoms with E-state index in [4.69, 9.17) is 16.9 Å². The summed E-state index contributed by atoms with van der Waals surface area (Å²) in [7, 11) is -3.70. The van der Waals surface area contributed by atoms with Crippen LogP contribution in [0, 0.1) is 23.2 Å². The zero-order valence-corrected chi connectivity index (χ0v) is 14.4. The third-order valence-electron chi connectivity index (χ3n) is 2.82. The van der Waals surface area contributed by atoms with Gasteiger partial charge in [-0.05, 0) is 30.0 Å². The quantitative estimate of drug-likeness (QED) is 0.802. The van der Waals surface area contributed by atoms with E-state index in [0.29, 0.717) is 13.1 Å². The summed E-state index contributed by atoms with van der Waals surface area (Å²) in [4.78, 5) is 0.00418. The van der Waals surface area contributed by atoms with Crippen LogP contribution >= 0.6 is 11.6 Å². The highest BCUT2D eigenvalue weighted by Crippen LogP contribution is 2.27. The molecule has 0 aliphatic heterocycles. The number of hydrogen-bond acceptors (Lipinski definition) is 3. The Hall–Kier alpha value is -1.09.